The van der Waals surface area contributed by atoms with E-state index in [1.165, 1.54) is 29.6 Å². The molecule has 0 aliphatic carbocycles. The number of benzene rings is 2. The van der Waals surface area contributed by atoms with Crippen LogP contribution in [-0.2, 0) is 10.0 Å². The fourth-order valence-electron chi connectivity index (χ4n) is 3.48. The maximum atomic E-state index is 13.0. The van der Waals surface area contributed by atoms with Crippen LogP contribution in [0.1, 0.15) is 41.7 Å². The number of ether oxygens (including phenoxy) is 2. The van der Waals surface area contributed by atoms with E-state index in [1.807, 2.05) is 31.2 Å². The number of carbonyl (C=O) groups is 1. The predicted octanol–water partition coefficient (Wildman–Crippen LogP) is 2.98. The Labute approximate surface area is 171 Å². The molecule has 0 radical (unpaired) electrons. The fraction of sp³-hybridized carbons (Fsp3) is 0.381. The Morgan fingerprint density at radius 2 is 1.69 bits per heavy atom. The Balaban J connectivity index is 1.89. The molecule has 8 heteroatoms. The summed E-state index contributed by atoms with van der Waals surface area (Å²) >= 11 is 0. The van der Waals surface area contributed by atoms with Crippen LogP contribution in [-0.4, -0.2) is 45.9 Å². The van der Waals surface area contributed by atoms with Gasteiger partial charge in [-0.15, -0.1) is 0 Å². The monoisotopic (exact) mass is 418 g/mol. The molecule has 156 valence electrons. The first kappa shape index (κ1) is 21.1. The summed E-state index contributed by atoms with van der Waals surface area (Å²) in [4.78, 5) is 13.1. The van der Waals surface area contributed by atoms with Crippen molar-refractivity contribution < 1.29 is 22.7 Å². The number of rotatable bonds is 7. The van der Waals surface area contributed by atoms with E-state index in [-0.39, 0.29) is 16.5 Å². The van der Waals surface area contributed by atoms with Gasteiger partial charge in [0.05, 0.1) is 30.7 Å². The lowest BCUT2D eigenvalue weighted by atomic mass is 10.1. The second-order valence-electron chi connectivity index (χ2n) is 6.91. The van der Waals surface area contributed by atoms with Crippen molar-refractivity contribution in [1.82, 2.24) is 9.62 Å². The molecular weight excluding hydrogens is 392 g/mol. The van der Waals surface area contributed by atoms with Crippen LogP contribution in [0.25, 0.3) is 0 Å². The molecule has 0 spiro atoms. The second kappa shape index (κ2) is 8.84. The zero-order valence-corrected chi connectivity index (χ0v) is 17.7. The van der Waals surface area contributed by atoms with Gasteiger partial charge < -0.3 is 14.8 Å². The number of nitrogens with zero attached hydrogens (tertiary/aromatic N) is 1. The first-order chi connectivity index (χ1) is 13.9. The van der Waals surface area contributed by atoms with Gasteiger partial charge in [-0.2, -0.15) is 4.31 Å². The number of carbonyl (C=O) groups excluding carboxylic acids is 1. The lowest BCUT2D eigenvalue weighted by Gasteiger charge is -2.19. The van der Waals surface area contributed by atoms with Crippen molar-refractivity contribution in [1.29, 1.82) is 0 Å². The maximum absolute atomic E-state index is 13.0. The zero-order valence-electron chi connectivity index (χ0n) is 16.8. The van der Waals surface area contributed by atoms with E-state index in [4.69, 9.17) is 9.47 Å². The van der Waals surface area contributed by atoms with Gasteiger partial charge >= 0.3 is 0 Å². The lowest BCUT2D eigenvalue weighted by Crippen LogP contribution is -2.29. The van der Waals surface area contributed by atoms with Gasteiger partial charge in [-0.1, -0.05) is 18.2 Å². The number of para-hydroxylation sites is 1. The molecule has 0 unspecified atom stereocenters. The average Bonchev–Trinajstić information content (AvgIpc) is 3.29. The molecule has 2 aromatic carbocycles. The molecule has 1 saturated heterocycles. The molecule has 1 fully saturated rings. The number of hydrogen-bond donors (Lipinski definition) is 1. The third-order valence-electron chi connectivity index (χ3n) is 5.07. The van der Waals surface area contributed by atoms with E-state index in [0.717, 1.165) is 18.4 Å². The van der Waals surface area contributed by atoms with Crippen LogP contribution in [0, 0.1) is 0 Å². The summed E-state index contributed by atoms with van der Waals surface area (Å²) in [5.74, 6) is 0.562. The number of sulfonamides is 1. The first-order valence-corrected chi connectivity index (χ1v) is 10.9. The fourth-order valence-corrected chi connectivity index (χ4v) is 5.02. The summed E-state index contributed by atoms with van der Waals surface area (Å²) in [6, 6.07) is 11.4. The summed E-state index contributed by atoms with van der Waals surface area (Å²) in [7, 11) is -0.612. The van der Waals surface area contributed by atoms with E-state index in [2.05, 4.69) is 5.32 Å². The third-order valence-corrected chi connectivity index (χ3v) is 6.97. The van der Waals surface area contributed by atoms with E-state index in [1.54, 1.807) is 7.11 Å². The highest BCUT2D eigenvalue weighted by atomic mass is 32.2. The van der Waals surface area contributed by atoms with Crippen molar-refractivity contribution in [3.8, 4) is 11.5 Å². The van der Waals surface area contributed by atoms with E-state index < -0.39 is 15.9 Å². The Hall–Kier alpha value is -2.58. The van der Waals surface area contributed by atoms with E-state index in [0.29, 0.717) is 24.6 Å². The van der Waals surface area contributed by atoms with Gasteiger partial charge in [0.25, 0.3) is 5.91 Å². The smallest absolute Gasteiger partial charge is 0.255 e. The van der Waals surface area contributed by atoms with Gasteiger partial charge in [0.15, 0.2) is 0 Å². The quantitative estimate of drug-likeness (QED) is 0.747. The molecule has 3 rings (SSSR count). The number of amides is 1. The van der Waals surface area contributed by atoms with E-state index in [9.17, 15) is 13.2 Å². The minimum absolute atomic E-state index is 0.0929. The number of nitrogens with one attached hydrogen (secondary N) is 1. The third kappa shape index (κ3) is 4.38. The lowest BCUT2D eigenvalue weighted by molar-refractivity contribution is 0.0936. The molecule has 0 saturated carbocycles. The summed E-state index contributed by atoms with van der Waals surface area (Å²) in [6.45, 7) is 2.84. The first-order valence-electron chi connectivity index (χ1n) is 9.50. The highest BCUT2D eigenvalue weighted by Crippen LogP contribution is 2.28. The predicted molar refractivity (Wildman–Crippen MR) is 110 cm³/mol. The molecule has 0 bridgehead atoms. The number of hydrogen-bond acceptors (Lipinski definition) is 5. The highest BCUT2D eigenvalue weighted by molar-refractivity contribution is 7.89. The van der Waals surface area contributed by atoms with Crippen molar-refractivity contribution in [3.63, 3.8) is 0 Å². The summed E-state index contributed by atoms with van der Waals surface area (Å²) in [5.41, 5.74) is 0.998. The maximum Gasteiger partial charge on any atom is 0.255 e. The van der Waals surface area contributed by atoms with Gasteiger partial charge in [0.2, 0.25) is 10.0 Å². The van der Waals surface area contributed by atoms with Crippen molar-refractivity contribution in [2.75, 3.05) is 27.3 Å². The highest BCUT2D eigenvalue weighted by Gasteiger charge is 2.29. The molecule has 1 aliphatic rings. The van der Waals surface area contributed by atoms with Crippen molar-refractivity contribution >= 4 is 15.9 Å². The van der Waals surface area contributed by atoms with Gasteiger partial charge in [-0.3, -0.25) is 4.79 Å². The van der Waals surface area contributed by atoms with Gasteiger partial charge in [-0.25, -0.2) is 8.42 Å². The van der Waals surface area contributed by atoms with Crippen molar-refractivity contribution in [2.24, 2.45) is 0 Å². The Morgan fingerprint density at radius 1 is 1.03 bits per heavy atom. The summed E-state index contributed by atoms with van der Waals surface area (Å²) in [6.07, 6.45) is 1.69. The van der Waals surface area contributed by atoms with Gasteiger partial charge in [-0.05, 0) is 44.0 Å². The van der Waals surface area contributed by atoms with Crippen molar-refractivity contribution in [2.45, 2.75) is 30.7 Å². The zero-order chi connectivity index (χ0) is 21.0. The minimum atomic E-state index is -3.63. The van der Waals surface area contributed by atoms with Crippen LogP contribution in [0.3, 0.4) is 0 Å². The van der Waals surface area contributed by atoms with Crippen LogP contribution >= 0.6 is 0 Å². The van der Waals surface area contributed by atoms with Gasteiger partial charge in [0, 0.05) is 18.7 Å². The Kier molecular flexibility index (Phi) is 6.44. The summed E-state index contributed by atoms with van der Waals surface area (Å²) in [5, 5.41) is 2.90. The van der Waals surface area contributed by atoms with Crippen LogP contribution in [0.2, 0.25) is 0 Å². The molecule has 1 amide bonds. The average molecular weight is 419 g/mol. The second-order valence-corrected chi connectivity index (χ2v) is 8.85. The normalized spacial score (nSPS) is 15.7. The molecular formula is C21H26N2O5S. The molecule has 29 heavy (non-hydrogen) atoms. The molecule has 1 atom stereocenters. The van der Waals surface area contributed by atoms with E-state index >= 15 is 0 Å². The van der Waals surface area contributed by atoms with Crippen LogP contribution < -0.4 is 14.8 Å². The molecule has 7 nitrogen and oxygen atoms in total. The molecule has 1 N–H and O–H groups in total. The van der Waals surface area contributed by atoms with Crippen LogP contribution in [0.4, 0.5) is 0 Å². The Bertz CT molecular complexity index is 984. The largest absolute Gasteiger partial charge is 0.496 e. The molecule has 1 heterocycles. The topological polar surface area (TPSA) is 84.9 Å². The van der Waals surface area contributed by atoms with Crippen LogP contribution in [0.15, 0.2) is 47.4 Å². The molecule has 1 aliphatic heterocycles. The summed E-state index contributed by atoms with van der Waals surface area (Å²) < 4.78 is 37.9. The molecule has 2 aromatic rings. The van der Waals surface area contributed by atoms with Crippen LogP contribution in [0.5, 0.6) is 11.5 Å². The van der Waals surface area contributed by atoms with Gasteiger partial charge in [0.1, 0.15) is 11.5 Å². The molecule has 0 aromatic heterocycles. The standard InChI is InChI=1S/C21H26N2O5S/c1-15(17-8-4-5-9-19(17)27-2)22-21(24)18-14-16(10-11-20(18)28-3)29(25,26)23-12-6-7-13-23/h4-5,8-11,14-15H,6-7,12-13H2,1-3H3,(H,22,24)/t15-/m1/s1. The Morgan fingerprint density at radius 3 is 2.34 bits per heavy atom. The van der Waals surface area contributed by atoms with Crippen molar-refractivity contribution in [3.05, 3.63) is 53.6 Å². The number of methoxy groups -OCH3 is 2. The minimum Gasteiger partial charge on any atom is -0.496 e. The SMILES string of the molecule is COc1ccc(S(=O)(=O)N2CCCC2)cc1C(=O)N[C@H](C)c1ccccc1OC.